The zero-order valence-electron chi connectivity index (χ0n) is 25.3. The Kier molecular flexibility index (Phi) is 10.7. The van der Waals surface area contributed by atoms with Gasteiger partial charge in [-0.15, -0.1) is 0 Å². The number of ether oxygens (including phenoxy) is 2. The molecule has 0 aromatic heterocycles. The molecule has 0 aliphatic heterocycles. The third kappa shape index (κ3) is 7.87. The van der Waals surface area contributed by atoms with Gasteiger partial charge in [-0.25, -0.2) is 8.42 Å². The van der Waals surface area contributed by atoms with Crippen molar-refractivity contribution < 1.29 is 27.5 Å². The molecule has 1 aliphatic carbocycles. The van der Waals surface area contributed by atoms with Crippen molar-refractivity contribution in [1.29, 1.82) is 0 Å². The molecule has 1 N–H and O–H groups in total. The maximum absolute atomic E-state index is 14.2. The molecule has 4 rings (SSSR count). The van der Waals surface area contributed by atoms with Crippen LogP contribution in [0.5, 0.6) is 11.5 Å². The van der Waals surface area contributed by atoms with Gasteiger partial charge in [0.2, 0.25) is 11.8 Å². The van der Waals surface area contributed by atoms with Crippen LogP contribution < -0.4 is 19.1 Å². The predicted molar refractivity (Wildman–Crippen MR) is 167 cm³/mol. The van der Waals surface area contributed by atoms with Crippen LogP contribution in [0.2, 0.25) is 0 Å². The lowest BCUT2D eigenvalue weighted by atomic mass is 9.95. The number of rotatable bonds is 12. The summed E-state index contributed by atoms with van der Waals surface area (Å²) in [6.45, 7) is 3.25. The van der Waals surface area contributed by atoms with Gasteiger partial charge < -0.3 is 19.7 Å². The van der Waals surface area contributed by atoms with E-state index in [-0.39, 0.29) is 29.1 Å². The third-order valence-corrected chi connectivity index (χ3v) is 9.61. The Balaban J connectivity index is 1.71. The molecule has 3 aromatic rings. The van der Waals surface area contributed by atoms with E-state index in [1.54, 1.807) is 43.3 Å². The number of amides is 2. The molecule has 1 aliphatic rings. The number of anilines is 1. The highest BCUT2D eigenvalue weighted by Crippen LogP contribution is 2.33. The van der Waals surface area contributed by atoms with E-state index in [4.69, 9.17) is 9.47 Å². The van der Waals surface area contributed by atoms with Crippen LogP contribution >= 0.6 is 0 Å². The Bertz CT molecular complexity index is 1500. The summed E-state index contributed by atoms with van der Waals surface area (Å²) in [4.78, 5) is 29.1. The molecule has 9 nitrogen and oxygen atoms in total. The van der Waals surface area contributed by atoms with E-state index < -0.39 is 28.5 Å². The molecule has 1 atom stereocenters. The van der Waals surface area contributed by atoms with Crippen LogP contribution in [0.3, 0.4) is 0 Å². The second-order valence-electron chi connectivity index (χ2n) is 10.9. The number of hydrogen-bond donors (Lipinski definition) is 1. The summed E-state index contributed by atoms with van der Waals surface area (Å²) < 4.78 is 40.0. The Morgan fingerprint density at radius 1 is 0.930 bits per heavy atom. The summed E-state index contributed by atoms with van der Waals surface area (Å²) in [6, 6.07) is 19.6. The maximum atomic E-state index is 14.2. The fraction of sp³-hybridized carbons (Fsp3) is 0.394. The van der Waals surface area contributed by atoms with Gasteiger partial charge in [-0.3, -0.25) is 13.9 Å². The Labute approximate surface area is 254 Å². The molecule has 10 heteroatoms. The minimum Gasteiger partial charge on any atom is -0.497 e. The molecule has 1 saturated carbocycles. The van der Waals surface area contributed by atoms with Gasteiger partial charge in [-0.05, 0) is 68.7 Å². The SMILES string of the molecule is COc1ccc(S(=O)(=O)N(CC(=O)N(Cc2cccc(C)c2)[C@H](C)C(=O)NC2CCCCC2)c2ccccc2OC)cc1. The zero-order valence-corrected chi connectivity index (χ0v) is 26.1. The van der Waals surface area contributed by atoms with E-state index in [1.807, 2.05) is 31.2 Å². The van der Waals surface area contributed by atoms with Gasteiger partial charge in [-0.2, -0.15) is 0 Å². The largest absolute Gasteiger partial charge is 0.497 e. The number of sulfonamides is 1. The molecule has 0 spiro atoms. The summed E-state index contributed by atoms with van der Waals surface area (Å²) in [5.41, 5.74) is 2.07. The lowest BCUT2D eigenvalue weighted by Crippen LogP contribution is -2.53. The van der Waals surface area contributed by atoms with Crippen molar-refractivity contribution in [1.82, 2.24) is 10.2 Å². The van der Waals surface area contributed by atoms with Crippen LogP contribution in [0.15, 0.2) is 77.7 Å². The Morgan fingerprint density at radius 3 is 2.28 bits per heavy atom. The quantitative estimate of drug-likeness (QED) is 0.308. The zero-order chi connectivity index (χ0) is 31.0. The molecule has 1 fully saturated rings. The predicted octanol–water partition coefficient (Wildman–Crippen LogP) is 5.07. The summed E-state index contributed by atoms with van der Waals surface area (Å²) in [7, 11) is -1.30. The first-order chi connectivity index (χ1) is 20.6. The average Bonchev–Trinajstić information content (AvgIpc) is 3.02. The lowest BCUT2D eigenvalue weighted by Gasteiger charge is -2.33. The maximum Gasteiger partial charge on any atom is 0.264 e. The van der Waals surface area contributed by atoms with Gasteiger partial charge in [0.25, 0.3) is 10.0 Å². The monoisotopic (exact) mass is 607 g/mol. The number of para-hydroxylation sites is 2. The van der Waals surface area contributed by atoms with Gasteiger partial charge in [-0.1, -0.05) is 61.2 Å². The minimum absolute atomic E-state index is 0.0136. The summed E-state index contributed by atoms with van der Waals surface area (Å²) >= 11 is 0. The van der Waals surface area contributed by atoms with Gasteiger partial charge >= 0.3 is 0 Å². The summed E-state index contributed by atoms with van der Waals surface area (Å²) in [6.07, 6.45) is 5.09. The first kappa shape index (κ1) is 31.9. The fourth-order valence-electron chi connectivity index (χ4n) is 5.38. The second kappa shape index (κ2) is 14.4. The highest BCUT2D eigenvalue weighted by atomic mass is 32.2. The molecular weight excluding hydrogens is 566 g/mol. The van der Waals surface area contributed by atoms with E-state index in [0.717, 1.165) is 47.5 Å². The van der Waals surface area contributed by atoms with Crippen molar-refractivity contribution in [3.8, 4) is 11.5 Å². The number of hydrogen-bond acceptors (Lipinski definition) is 6. The summed E-state index contributed by atoms with van der Waals surface area (Å²) in [5.74, 6) is 0.0206. The molecule has 0 heterocycles. The molecule has 3 aromatic carbocycles. The van der Waals surface area contributed by atoms with Crippen LogP contribution in [0.25, 0.3) is 0 Å². The van der Waals surface area contributed by atoms with Gasteiger partial charge in [0.1, 0.15) is 24.1 Å². The van der Waals surface area contributed by atoms with Crippen molar-refractivity contribution in [2.75, 3.05) is 25.1 Å². The van der Waals surface area contributed by atoms with Crippen LogP contribution in [-0.2, 0) is 26.2 Å². The highest BCUT2D eigenvalue weighted by molar-refractivity contribution is 7.92. The van der Waals surface area contributed by atoms with Crippen LogP contribution in [0.4, 0.5) is 5.69 Å². The molecular formula is C33H41N3O6S. The Morgan fingerprint density at radius 2 is 1.63 bits per heavy atom. The lowest BCUT2D eigenvalue weighted by molar-refractivity contribution is -0.139. The number of nitrogens with zero attached hydrogens (tertiary/aromatic N) is 2. The number of carbonyl (C=O) groups excluding carboxylic acids is 2. The first-order valence-corrected chi connectivity index (χ1v) is 16.0. The van der Waals surface area contributed by atoms with Crippen molar-refractivity contribution in [2.45, 2.75) is 69.5 Å². The van der Waals surface area contributed by atoms with Crippen molar-refractivity contribution in [3.05, 3.63) is 83.9 Å². The van der Waals surface area contributed by atoms with Crippen LogP contribution in [-0.4, -0.2) is 58.0 Å². The molecule has 0 radical (unpaired) electrons. The van der Waals surface area contributed by atoms with Crippen LogP contribution in [0, 0.1) is 6.92 Å². The number of benzene rings is 3. The van der Waals surface area contributed by atoms with E-state index in [0.29, 0.717) is 11.5 Å². The minimum atomic E-state index is -4.24. The highest BCUT2D eigenvalue weighted by Gasteiger charge is 2.34. The van der Waals surface area contributed by atoms with Gasteiger partial charge in [0.15, 0.2) is 0 Å². The topological polar surface area (TPSA) is 105 Å². The van der Waals surface area contributed by atoms with Crippen molar-refractivity contribution in [3.63, 3.8) is 0 Å². The second-order valence-corrected chi connectivity index (χ2v) is 12.8. The number of methoxy groups -OCH3 is 2. The Hall–Kier alpha value is -4.05. The van der Waals surface area contributed by atoms with E-state index in [1.165, 1.54) is 31.3 Å². The molecule has 2 amide bonds. The third-order valence-electron chi connectivity index (χ3n) is 7.83. The molecule has 230 valence electrons. The van der Waals surface area contributed by atoms with Gasteiger partial charge in [0.05, 0.1) is 24.8 Å². The van der Waals surface area contributed by atoms with E-state index in [2.05, 4.69) is 5.32 Å². The van der Waals surface area contributed by atoms with E-state index in [9.17, 15) is 18.0 Å². The van der Waals surface area contributed by atoms with Crippen LogP contribution in [0.1, 0.15) is 50.2 Å². The smallest absolute Gasteiger partial charge is 0.264 e. The number of aryl methyl sites for hydroxylation is 1. The summed E-state index contributed by atoms with van der Waals surface area (Å²) in [5, 5.41) is 3.12. The van der Waals surface area contributed by atoms with Gasteiger partial charge in [0, 0.05) is 12.6 Å². The normalized spacial score (nSPS) is 14.4. The molecule has 0 saturated heterocycles. The van der Waals surface area contributed by atoms with E-state index >= 15 is 0 Å². The van der Waals surface area contributed by atoms with Crippen molar-refractivity contribution in [2.24, 2.45) is 0 Å². The number of nitrogens with one attached hydrogen (secondary N) is 1. The number of carbonyl (C=O) groups is 2. The standard InChI is InChI=1S/C33H41N3O6S/c1-24-11-10-12-26(21-24)22-35(25(2)33(38)34-27-13-6-5-7-14-27)32(37)23-36(30-15-8-9-16-31(30)42-4)43(39,40)29-19-17-28(41-3)18-20-29/h8-12,15-21,25,27H,5-7,13-14,22-23H2,1-4H3,(H,34,38)/t25-/m1/s1. The fourth-order valence-corrected chi connectivity index (χ4v) is 6.81. The molecule has 43 heavy (non-hydrogen) atoms. The molecule has 0 unspecified atom stereocenters. The van der Waals surface area contributed by atoms with Crippen molar-refractivity contribution >= 4 is 27.5 Å². The molecule has 0 bridgehead atoms. The average molecular weight is 608 g/mol. The first-order valence-electron chi connectivity index (χ1n) is 14.6.